The van der Waals surface area contributed by atoms with Crippen molar-refractivity contribution in [3.63, 3.8) is 0 Å². The molecule has 0 aromatic carbocycles. The minimum absolute atomic E-state index is 0.00830. The average Bonchev–Trinajstić information content (AvgIpc) is 2.45. The van der Waals surface area contributed by atoms with Gasteiger partial charge in [-0.3, -0.25) is 0 Å². The van der Waals surface area contributed by atoms with Gasteiger partial charge in [0.1, 0.15) is 11.9 Å². The maximum atomic E-state index is 11.9. The van der Waals surface area contributed by atoms with Gasteiger partial charge in [0.15, 0.2) is 0 Å². The predicted octanol–water partition coefficient (Wildman–Crippen LogP) is 1.64. The highest BCUT2D eigenvalue weighted by molar-refractivity contribution is 5.68. The second-order valence-electron chi connectivity index (χ2n) is 6.64. The first-order valence-corrected chi connectivity index (χ1v) is 7.97. The molecule has 0 radical (unpaired) electrons. The largest absolute Gasteiger partial charge is 0.444 e. The summed E-state index contributed by atoms with van der Waals surface area (Å²) in [5.41, 5.74) is 0.489. The zero-order valence-electron chi connectivity index (χ0n) is 14.2. The third-order valence-electron chi connectivity index (χ3n) is 3.56. The van der Waals surface area contributed by atoms with Crippen LogP contribution in [0, 0.1) is 0 Å². The van der Waals surface area contributed by atoms with Gasteiger partial charge in [0, 0.05) is 31.1 Å². The molecule has 3 unspecified atom stereocenters. The van der Waals surface area contributed by atoms with E-state index in [1.165, 1.54) is 6.33 Å². The Labute approximate surface area is 137 Å². The Hall–Kier alpha value is -1.73. The lowest BCUT2D eigenvalue weighted by atomic mass is 9.82. The van der Waals surface area contributed by atoms with Gasteiger partial charge in [-0.15, -0.1) is 0 Å². The van der Waals surface area contributed by atoms with Crippen LogP contribution in [-0.2, 0) is 16.0 Å². The number of hydrogen-bond acceptors (Lipinski definition) is 6. The number of alkyl carbamates (subject to hydrolysis) is 1. The van der Waals surface area contributed by atoms with Gasteiger partial charge in [-0.2, -0.15) is 0 Å². The zero-order valence-corrected chi connectivity index (χ0v) is 14.2. The maximum absolute atomic E-state index is 11.9. The van der Waals surface area contributed by atoms with E-state index in [0.29, 0.717) is 13.2 Å². The summed E-state index contributed by atoms with van der Waals surface area (Å²) in [4.78, 5) is 19.9. The van der Waals surface area contributed by atoms with Crippen LogP contribution in [0.3, 0.4) is 0 Å². The number of aromatic nitrogens is 2. The smallest absolute Gasteiger partial charge is 0.407 e. The summed E-state index contributed by atoms with van der Waals surface area (Å²) >= 11 is 0. The molecule has 1 saturated carbocycles. The molecule has 2 N–H and O–H groups in total. The van der Waals surface area contributed by atoms with Crippen molar-refractivity contribution in [2.24, 2.45) is 0 Å². The van der Waals surface area contributed by atoms with Crippen LogP contribution >= 0.6 is 0 Å². The van der Waals surface area contributed by atoms with Crippen LogP contribution in [0.4, 0.5) is 4.79 Å². The molecule has 1 fully saturated rings. The number of amides is 1. The SMILES string of the molecule is CCOC1CC(NC(=O)OC(C)(C)C)C1NCc1cncnc1. The van der Waals surface area contributed by atoms with E-state index in [1.807, 2.05) is 27.7 Å². The molecule has 2 rings (SSSR count). The topological polar surface area (TPSA) is 85.4 Å². The predicted molar refractivity (Wildman–Crippen MR) is 85.8 cm³/mol. The molecule has 7 heteroatoms. The Kier molecular flexibility index (Phi) is 5.90. The minimum atomic E-state index is -0.503. The van der Waals surface area contributed by atoms with E-state index in [1.54, 1.807) is 12.4 Å². The summed E-state index contributed by atoms with van der Waals surface area (Å²) in [5, 5.41) is 6.33. The third kappa shape index (κ3) is 5.44. The van der Waals surface area contributed by atoms with Gasteiger partial charge in [-0.05, 0) is 34.1 Å². The fourth-order valence-corrected chi connectivity index (χ4v) is 2.53. The van der Waals surface area contributed by atoms with Crippen molar-refractivity contribution in [3.8, 4) is 0 Å². The van der Waals surface area contributed by atoms with Crippen molar-refractivity contribution in [2.75, 3.05) is 6.61 Å². The highest BCUT2D eigenvalue weighted by Crippen LogP contribution is 2.25. The lowest BCUT2D eigenvalue weighted by molar-refractivity contribution is -0.0438. The Morgan fingerprint density at radius 2 is 2.04 bits per heavy atom. The lowest BCUT2D eigenvalue weighted by Gasteiger charge is -2.45. The molecule has 1 heterocycles. The van der Waals surface area contributed by atoms with Crippen LogP contribution in [-0.4, -0.2) is 46.5 Å². The Morgan fingerprint density at radius 3 is 2.65 bits per heavy atom. The Bertz CT molecular complexity index is 504. The third-order valence-corrected chi connectivity index (χ3v) is 3.56. The standard InChI is InChI=1S/C16H26N4O3/c1-5-22-13-6-12(20-15(21)23-16(2,3)4)14(13)19-9-11-7-17-10-18-8-11/h7-8,10,12-14,19H,5-6,9H2,1-4H3,(H,20,21). The quantitative estimate of drug-likeness (QED) is 0.828. The van der Waals surface area contributed by atoms with Gasteiger partial charge in [-0.1, -0.05) is 0 Å². The minimum Gasteiger partial charge on any atom is -0.444 e. The van der Waals surface area contributed by atoms with Crippen molar-refractivity contribution in [1.82, 2.24) is 20.6 Å². The molecule has 1 aliphatic rings. The molecular formula is C16H26N4O3. The molecular weight excluding hydrogens is 296 g/mol. The summed E-state index contributed by atoms with van der Waals surface area (Å²) in [7, 11) is 0. The summed E-state index contributed by atoms with van der Waals surface area (Å²) in [5.74, 6) is 0. The monoisotopic (exact) mass is 322 g/mol. The molecule has 0 saturated heterocycles. The van der Waals surface area contributed by atoms with Crippen molar-refractivity contribution in [3.05, 3.63) is 24.3 Å². The Morgan fingerprint density at radius 1 is 1.35 bits per heavy atom. The number of ether oxygens (including phenoxy) is 2. The van der Waals surface area contributed by atoms with Crippen LogP contribution < -0.4 is 10.6 Å². The number of rotatable bonds is 6. The molecule has 0 bridgehead atoms. The molecule has 1 aromatic rings. The lowest BCUT2D eigenvalue weighted by Crippen LogP contribution is -2.66. The average molecular weight is 322 g/mol. The van der Waals surface area contributed by atoms with Gasteiger partial charge >= 0.3 is 6.09 Å². The van der Waals surface area contributed by atoms with E-state index in [2.05, 4.69) is 20.6 Å². The molecule has 1 aliphatic carbocycles. The summed E-state index contributed by atoms with van der Waals surface area (Å²) in [6.07, 6.45) is 5.51. The molecule has 3 atom stereocenters. The van der Waals surface area contributed by atoms with Crippen molar-refractivity contribution < 1.29 is 14.3 Å². The molecule has 128 valence electrons. The van der Waals surface area contributed by atoms with Crippen LogP contribution in [0.25, 0.3) is 0 Å². The van der Waals surface area contributed by atoms with Gasteiger partial charge in [-0.25, -0.2) is 14.8 Å². The molecule has 1 amide bonds. The second-order valence-corrected chi connectivity index (χ2v) is 6.64. The van der Waals surface area contributed by atoms with E-state index >= 15 is 0 Å². The van der Waals surface area contributed by atoms with Crippen LogP contribution in [0.15, 0.2) is 18.7 Å². The summed E-state index contributed by atoms with van der Waals surface area (Å²) < 4.78 is 11.0. The highest BCUT2D eigenvalue weighted by atomic mass is 16.6. The number of nitrogens with zero attached hydrogens (tertiary/aromatic N) is 2. The number of carbonyl (C=O) groups is 1. The summed E-state index contributed by atoms with van der Waals surface area (Å²) in [6.45, 7) is 8.79. The number of carbonyl (C=O) groups excluding carboxylic acids is 1. The first-order valence-electron chi connectivity index (χ1n) is 7.97. The van der Waals surface area contributed by atoms with Gasteiger partial charge < -0.3 is 20.1 Å². The second kappa shape index (κ2) is 7.70. The normalized spacial score (nSPS) is 23.9. The van der Waals surface area contributed by atoms with E-state index in [-0.39, 0.29) is 18.2 Å². The first kappa shape index (κ1) is 17.6. The highest BCUT2D eigenvalue weighted by Gasteiger charge is 2.42. The Balaban J connectivity index is 1.87. The molecule has 0 spiro atoms. The molecule has 7 nitrogen and oxygen atoms in total. The molecule has 23 heavy (non-hydrogen) atoms. The summed E-state index contributed by atoms with van der Waals surface area (Å²) in [6, 6.07) is 0.0358. The maximum Gasteiger partial charge on any atom is 0.407 e. The van der Waals surface area contributed by atoms with Crippen LogP contribution in [0.1, 0.15) is 39.7 Å². The molecule has 0 aliphatic heterocycles. The first-order chi connectivity index (χ1) is 10.9. The fraction of sp³-hybridized carbons (Fsp3) is 0.688. The van der Waals surface area contributed by atoms with E-state index < -0.39 is 11.7 Å². The zero-order chi connectivity index (χ0) is 16.9. The number of hydrogen-bond donors (Lipinski definition) is 2. The van der Waals surface area contributed by atoms with Crippen molar-refractivity contribution >= 4 is 6.09 Å². The van der Waals surface area contributed by atoms with E-state index in [9.17, 15) is 4.79 Å². The fourth-order valence-electron chi connectivity index (χ4n) is 2.53. The van der Waals surface area contributed by atoms with Crippen LogP contribution in [0.5, 0.6) is 0 Å². The van der Waals surface area contributed by atoms with Crippen molar-refractivity contribution in [2.45, 2.75) is 64.4 Å². The molecule has 1 aromatic heterocycles. The van der Waals surface area contributed by atoms with Gasteiger partial charge in [0.2, 0.25) is 0 Å². The van der Waals surface area contributed by atoms with E-state index in [0.717, 1.165) is 12.0 Å². The van der Waals surface area contributed by atoms with Gasteiger partial charge in [0.05, 0.1) is 18.2 Å². The van der Waals surface area contributed by atoms with Gasteiger partial charge in [0.25, 0.3) is 0 Å². The van der Waals surface area contributed by atoms with Crippen molar-refractivity contribution in [1.29, 1.82) is 0 Å². The van der Waals surface area contributed by atoms with E-state index in [4.69, 9.17) is 9.47 Å². The van der Waals surface area contributed by atoms with Crippen LogP contribution in [0.2, 0.25) is 0 Å². The number of nitrogens with one attached hydrogen (secondary N) is 2.